The molecule has 0 radical (unpaired) electrons. The standard InChI is InChI=1S/C12H10F6N2O/c1-6(2)20-21-10-7(5-19)3-8(11(13,14)15)4-9(10)12(16,17)18/h3-4,6,20H,1-2H3. The molecule has 1 rings (SSSR count). The topological polar surface area (TPSA) is 45.0 Å². The summed E-state index contributed by atoms with van der Waals surface area (Å²) in [6.45, 7) is 3.09. The summed E-state index contributed by atoms with van der Waals surface area (Å²) in [6.07, 6.45) is -10.1. The van der Waals surface area contributed by atoms with Crippen LogP contribution in [0.25, 0.3) is 0 Å². The zero-order chi connectivity index (χ0) is 16.4. The maximum absolute atomic E-state index is 12.9. The van der Waals surface area contributed by atoms with Crippen molar-refractivity contribution in [3.05, 3.63) is 28.8 Å². The van der Waals surface area contributed by atoms with Gasteiger partial charge >= 0.3 is 12.4 Å². The number of benzene rings is 1. The van der Waals surface area contributed by atoms with Crippen LogP contribution in [0.1, 0.15) is 30.5 Å². The zero-order valence-electron chi connectivity index (χ0n) is 10.9. The van der Waals surface area contributed by atoms with Crippen molar-refractivity contribution >= 4 is 0 Å². The second-order valence-corrected chi connectivity index (χ2v) is 4.38. The maximum atomic E-state index is 12.9. The fraction of sp³-hybridized carbons (Fsp3) is 0.417. The van der Waals surface area contributed by atoms with Gasteiger partial charge < -0.3 is 4.84 Å². The fourth-order valence-corrected chi connectivity index (χ4v) is 1.37. The van der Waals surface area contributed by atoms with Crippen LogP contribution in [0.15, 0.2) is 12.1 Å². The molecule has 0 aliphatic heterocycles. The molecule has 116 valence electrons. The first kappa shape index (κ1) is 17.1. The van der Waals surface area contributed by atoms with Gasteiger partial charge in [-0.25, -0.2) is 0 Å². The van der Waals surface area contributed by atoms with Crippen molar-refractivity contribution in [3.8, 4) is 11.8 Å². The van der Waals surface area contributed by atoms with Gasteiger partial charge in [0.1, 0.15) is 11.6 Å². The third kappa shape index (κ3) is 4.26. The van der Waals surface area contributed by atoms with Gasteiger partial charge in [-0.15, -0.1) is 0 Å². The van der Waals surface area contributed by atoms with Gasteiger partial charge in [0.2, 0.25) is 0 Å². The Bertz CT molecular complexity index is 557. The third-order valence-electron chi connectivity index (χ3n) is 2.24. The van der Waals surface area contributed by atoms with Crippen molar-refractivity contribution in [2.75, 3.05) is 0 Å². The Morgan fingerprint density at radius 3 is 2.05 bits per heavy atom. The SMILES string of the molecule is CC(C)NOc1c(C#N)cc(C(F)(F)F)cc1C(F)(F)F. The van der Waals surface area contributed by atoms with Crippen LogP contribution < -0.4 is 10.3 Å². The van der Waals surface area contributed by atoms with E-state index in [0.717, 1.165) is 0 Å². The fourth-order valence-electron chi connectivity index (χ4n) is 1.37. The first-order valence-corrected chi connectivity index (χ1v) is 5.61. The molecule has 0 unspecified atom stereocenters. The van der Waals surface area contributed by atoms with Gasteiger partial charge in [-0.1, -0.05) is 0 Å². The van der Waals surface area contributed by atoms with Crippen LogP contribution in [0.5, 0.6) is 5.75 Å². The molecule has 0 aliphatic rings. The lowest BCUT2D eigenvalue weighted by atomic mass is 10.0. The minimum Gasteiger partial charge on any atom is -0.406 e. The molecule has 0 atom stereocenters. The number of hydrogen-bond donors (Lipinski definition) is 1. The average Bonchev–Trinajstić information content (AvgIpc) is 2.32. The summed E-state index contributed by atoms with van der Waals surface area (Å²) in [7, 11) is 0. The van der Waals surface area contributed by atoms with Crippen molar-refractivity contribution in [3.63, 3.8) is 0 Å². The molecular formula is C12H10F6N2O. The number of alkyl halides is 6. The van der Waals surface area contributed by atoms with Gasteiger partial charge in [-0.2, -0.15) is 37.1 Å². The van der Waals surface area contributed by atoms with Gasteiger partial charge in [0.05, 0.1) is 11.1 Å². The van der Waals surface area contributed by atoms with Gasteiger partial charge in [0, 0.05) is 6.04 Å². The Hall–Kier alpha value is -1.95. The highest BCUT2D eigenvalue weighted by Gasteiger charge is 2.40. The lowest BCUT2D eigenvalue weighted by Crippen LogP contribution is -2.28. The molecule has 3 nitrogen and oxygen atoms in total. The van der Waals surface area contributed by atoms with E-state index in [1.54, 1.807) is 13.8 Å². The van der Waals surface area contributed by atoms with Gasteiger partial charge in [0.15, 0.2) is 5.75 Å². The lowest BCUT2D eigenvalue weighted by Gasteiger charge is -2.18. The van der Waals surface area contributed by atoms with E-state index in [1.165, 1.54) is 6.07 Å². The maximum Gasteiger partial charge on any atom is 0.420 e. The van der Waals surface area contributed by atoms with Crippen LogP contribution in [-0.2, 0) is 12.4 Å². The predicted octanol–water partition coefficient (Wildman–Crippen LogP) is 3.89. The molecule has 1 N–H and O–H groups in total. The minimum absolute atomic E-state index is 0.0851. The van der Waals surface area contributed by atoms with Crippen molar-refractivity contribution in [2.24, 2.45) is 0 Å². The van der Waals surface area contributed by atoms with E-state index in [4.69, 9.17) is 5.26 Å². The second kappa shape index (κ2) is 5.81. The first-order valence-electron chi connectivity index (χ1n) is 5.61. The van der Waals surface area contributed by atoms with Gasteiger partial charge in [-0.3, -0.25) is 0 Å². The first-order chi connectivity index (χ1) is 9.46. The normalized spacial score (nSPS) is 12.4. The van der Waals surface area contributed by atoms with Gasteiger partial charge in [-0.05, 0) is 26.0 Å². The number of nitrogens with zero attached hydrogens (tertiary/aromatic N) is 1. The van der Waals surface area contributed by atoms with E-state index in [0.29, 0.717) is 6.07 Å². The van der Waals surface area contributed by atoms with E-state index < -0.39 is 40.8 Å². The van der Waals surface area contributed by atoms with Crippen LogP contribution in [0.2, 0.25) is 0 Å². The smallest absolute Gasteiger partial charge is 0.406 e. The molecule has 0 aliphatic carbocycles. The summed E-state index contributed by atoms with van der Waals surface area (Å²) < 4.78 is 76.4. The van der Waals surface area contributed by atoms with Gasteiger partial charge in [0.25, 0.3) is 0 Å². The van der Waals surface area contributed by atoms with Crippen molar-refractivity contribution in [2.45, 2.75) is 32.2 Å². The molecule has 0 amide bonds. The molecule has 0 spiro atoms. The molecule has 9 heteroatoms. The molecule has 0 bridgehead atoms. The quantitative estimate of drug-likeness (QED) is 0.680. The minimum atomic E-state index is -5.10. The van der Waals surface area contributed by atoms with Crippen LogP contribution >= 0.6 is 0 Å². The molecular weight excluding hydrogens is 302 g/mol. The van der Waals surface area contributed by atoms with Crippen LogP contribution in [0, 0.1) is 11.3 Å². The molecule has 21 heavy (non-hydrogen) atoms. The molecule has 0 saturated carbocycles. The molecule has 0 fully saturated rings. The number of halogens is 6. The molecule has 0 aromatic heterocycles. The predicted molar refractivity (Wildman–Crippen MR) is 60.1 cm³/mol. The van der Waals surface area contributed by atoms with E-state index in [9.17, 15) is 26.3 Å². The highest BCUT2D eigenvalue weighted by atomic mass is 19.4. The Kier molecular flexibility index (Phi) is 4.73. The molecule has 0 heterocycles. The number of nitriles is 1. The molecule has 1 aromatic rings. The summed E-state index contributed by atoms with van der Waals surface area (Å²) in [4.78, 5) is 4.65. The van der Waals surface area contributed by atoms with Crippen molar-refractivity contribution in [1.29, 1.82) is 5.26 Å². The van der Waals surface area contributed by atoms with Crippen LogP contribution in [0.3, 0.4) is 0 Å². The monoisotopic (exact) mass is 312 g/mol. The number of hydroxylamine groups is 1. The zero-order valence-corrected chi connectivity index (χ0v) is 10.9. The summed E-state index contributed by atoms with van der Waals surface area (Å²) in [5.74, 6) is -0.980. The Balaban J connectivity index is 3.50. The van der Waals surface area contributed by atoms with Crippen LogP contribution in [-0.4, -0.2) is 6.04 Å². The Labute approximate surface area is 116 Å². The highest BCUT2D eigenvalue weighted by Crippen LogP contribution is 2.42. The van der Waals surface area contributed by atoms with E-state index in [2.05, 4.69) is 10.3 Å². The summed E-state index contributed by atoms with van der Waals surface area (Å²) in [6, 6.07) is 1.10. The Morgan fingerprint density at radius 1 is 1.10 bits per heavy atom. The summed E-state index contributed by atoms with van der Waals surface area (Å²) >= 11 is 0. The average molecular weight is 312 g/mol. The largest absolute Gasteiger partial charge is 0.420 e. The third-order valence-corrected chi connectivity index (χ3v) is 2.24. The molecule has 0 saturated heterocycles. The summed E-state index contributed by atoms with van der Waals surface area (Å²) in [5.41, 5.74) is -1.91. The Morgan fingerprint density at radius 2 is 1.67 bits per heavy atom. The number of hydrogen-bond acceptors (Lipinski definition) is 3. The van der Waals surface area contributed by atoms with E-state index in [-0.39, 0.29) is 6.07 Å². The van der Waals surface area contributed by atoms with Crippen molar-refractivity contribution in [1.82, 2.24) is 5.48 Å². The van der Waals surface area contributed by atoms with Crippen molar-refractivity contribution < 1.29 is 31.2 Å². The number of rotatable bonds is 3. The molecule has 1 aromatic carbocycles. The van der Waals surface area contributed by atoms with E-state index in [1.807, 2.05) is 0 Å². The summed E-state index contributed by atoms with van der Waals surface area (Å²) in [5, 5.41) is 8.77. The number of nitrogens with one attached hydrogen (secondary N) is 1. The lowest BCUT2D eigenvalue weighted by molar-refractivity contribution is -0.144. The second-order valence-electron chi connectivity index (χ2n) is 4.38. The highest BCUT2D eigenvalue weighted by molar-refractivity contribution is 5.52. The van der Waals surface area contributed by atoms with E-state index >= 15 is 0 Å². The van der Waals surface area contributed by atoms with Crippen LogP contribution in [0.4, 0.5) is 26.3 Å².